The van der Waals surface area contributed by atoms with E-state index in [1.54, 1.807) is 0 Å². The zero-order chi connectivity index (χ0) is 14.0. The molecule has 2 atom stereocenters. The van der Waals surface area contributed by atoms with Crippen molar-refractivity contribution >= 4 is 11.9 Å². The van der Waals surface area contributed by atoms with Gasteiger partial charge in [0.2, 0.25) is 5.91 Å². The second-order valence-corrected chi connectivity index (χ2v) is 5.76. The summed E-state index contributed by atoms with van der Waals surface area (Å²) in [5.74, 6) is -1.48. The largest absolute Gasteiger partial charge is 0.481 e. The van der Waals surface area contributed by atoms with E-state index in [4.69, 9.17) is 5.11 Å². The second-order valence-electron chi connectivity index (χ2n) is 5.76. The third-order valence-electron chi connectivity index (χ3n) is 3.97. The summed E-state index contributed by atoms with van der Waals surface area (Å²) in [4.78, 5) is 29.2. The van der Waals surface area contributed by atoms with E-state index in [1.165, 1.54) is 0 Å². The maximum Gasteiger partial charge on any atom is 0.307 e. The van der Waals surface area contributed by atoms with E-state index in [0.29, 0.717) is 6.42 Å². The van der Waals surface area contributed by atoms with Crippen LogP contribution in [0.1, 0.15) is 6.42 Å². The van der Waals surface area contributed by atoms with Gasteiger partial charge in [-0.25, -0.2) is 0 Å². The van der Waals surface area contributed by atoms with Gasteiger partial charge >= 0.3 is 5.97 Å². The molecule has 0 radical (unpaired) electrons. The van der Waals surface area contributed by atoms with Gasteiger partial charge in [-0.2, -0.15) is 0 Å². The second kappa shape index (κ2) is 5.88. The van der Waals surface area contributed by atoms with Crippen molar-refractivity contribution in [1.82, 2.24) is 14.7 Å². The minimum Gasteiger partial charge on any atom is -0.481 e. The lowest BCUT2D eigenvalue weighted by Gasteiger charge is -2.35. The van der Waals surface area contributed by atoms with Crippen molar-refractivity contribution in [1.29, 1.82) is 0 Å². The molecule has 6 nitrogen and oxygen atoms in total. The molecular formula is C13H23N3O3. The van der Waals surface area contributed by atoms with Crippen molar-refractivity contribution in [2.75, 3.05) is 53.4 Å². The molecule has 1 aliphatic heterocycles. The molecule has 1 aliphatic carbocycles. The molecule has 108 valence electrons. The first-order chi connectivity index (χ1) is 8.99. The standard InChI is InChI=1S/C13H23N3O3/c1-14(2)3-4-15-5-7-16(8-6-15)12(17)10-9-11(10)13(18)19/h10-11H,3-9H2,1-2H3,(H,18,19). The molecule has 0 aromatic carbocycles. The van der Waals surface area contributed by atoms with Crippen LogP contribution in [0.3, 0.4) is 0 Å². The molecule has 1 N–H and O–H groups in total. The Labute approximate surface area is 114 Å². The summed E-state index contributed by atoms with van der Waals surface area (Å²) in [6.45, 7) is 5.30. The third kappa shape index (κ3) is 3.67. The van der Waals surface area contributed by atoms with Gasteiger partial charge in [0.05, 0.1) is 11.8 Å². The smallest absolute Gasteiger partial charge is 0.307 e. The van der Waals surface area contributed by atoms with Gasteiger partial charge < -0.3 is 14.9 Å². The molecule has 0 bridgehead atoms. The Balaban J connectivity index is 1.71. The molecule has 19 heavy (non-hydrogen) atoms. The van der Waals surface area contributed by atoms with E-state index in [1.807, 2.05) is 4.90 Å². The molecule has 0 spiro atoms. The molecule has 1 saturated heterocycles. The van der Waals surface area contributed by atoms with Gasteiger partial charge in [0.25, 0.3) is 0 Å². The Morgan fingerprint density at radius 2 is 1.79 bits per heavy atom. The van der Waals surface area contributed by atoms with Crippen LogP contribution in [-0.4, -0.2) is 85.0 Å². The van der Waals surface area contributed by atoms with E-state index in [2.05, 4.69) is 23.9 Å². The molecular weight excluding hydrogens is 246 g/mol. The number of piperazine rings is 1. The van der Waals surface area contributed by atoms with Crippen molar-refractivity contribution < 1.29 is 14.7 Å². The fraction of sp³-hybridized carbons (Fsp3) is 0.846. The highest BCUT2D eigenvalue weighted by molar-refractivity contribution is 5.89. The summed E-state index contributed by atoms with van der Waals surface area (Å²) >= 11 is 0. The lowest BCUT2D eigenvalue weighted by molar-refractivity contribution is -0.142. The molecule has 2 aliphatic rings. The molecule has 0 aromatic heterocycles. The van der Waals surface area contributed by atoms with Crippen molar-refractivity contribution in [3.05, 3.63) is 0 Å². The van der Waals surface area contributed by atoms with Crippen molar-refractivity contribution in [2.24, 2.45) is 11.8 Å². The van der Waals surface area contributed by atoms with Crippen molar-refractivity contribution in [3.8, 4) is 0 Å². The summed E-state index contributed by atoms with van der Waals surface area (Å²) in [5.41, 5.74) is 0. The highest BCUT2D eigenvalue weighted by Gasteiger charge is 2.49. The Kier molecular flexibility index (Phi) is 4.42. The van der Waals surface area contributed by atoms with E-state index < -0.39 is 11.9 Å². The van der Waals surface area contributed by atoms with Gasteiger partial charge in [-0.15, -0.1) is 0 Å². The fourth-order valence-corrected chi connectivity index (χ4v) is 2.51. The van der Waals surface area contributed by atoms with Crippen LogP contribution in [0.25, 0.3) is 0 Å². The first kappa shape index (κ1) is 14.3. The summed E-state index contributed by atoms with van der Waals surface area (Å²) in [6, 6.07) is 0. The van der Waals surface area contributed by atoms with Crippen LogP contribution in [-0.2, 0) is 9.59 Å². The Morgan fingerprint density at radius 1 is 1.16 bits per heavy atom. The van der Waals surface area contributed by atoms with Crippen molar-refractivity contribution in [2.45, 2.75) is 6.42 Å². The number of aliphatic carboxylic acids is 1. The number of rotatable bonds is 5. The number of carbonyl (C=O) groups is 2. The number of carboxylic acids is 1. The zero-order valence-electron chi connectivity index (χ0n) is 11.7. The SMILES string of the molecule is CN(C)CCN1CCN(C(=O)C2CC2C(=O)O)CC1. The normalized spacial score (nSPS) is 27.6. The predicted octanol–water partition coefficient (Wildman–Crippen LogP) is -0.587. The van der Waals surface area contributed by atoms with Gasteiger partial charge in [-0.1, -0.05) is 0 Å². The number of carboxylic acid groups (broad SMARTS) is 1. The maximum absolute atomic E-state index is 12.1. The highest BCUT2D eigenvalue weighted by atomic mass is 16.4. The average Bonchev–Trinajstić information content (AvgIpc) is 3.16. The Hall–Kier alpha value is -1.14. The van der Waals surface area contributed by atoms with Crippen LogP contribution in [0, 0.1) is 11.8 Å². The van der Waals surface area contributed by atoms with Crippen LogP contribution in [0.5, 0.6) is 0 Å². The minimum absolute atomic E-state index is 0.0414. The number of carbonyl (C=O) groups excluding carboxylic acids is 1. The Morgan fingerprint density at radius 3 is 2.26 bits per heavy atom. The first-order valence-corrected chi connectivity index (χ1v) is 6.87. The predicted molar refractivity (Wildman–Crippen MR) is 70.8 cm³/mol. The number of hydrogen-bond donors (Lipinski definition) is 1. The van der Waals surface area contributed by atoms with Crippen molar-refractivity contribution in [3.63, 3.8) is 0 Å². The molecule has 2 unspecified atom stereocenters. The molecule has 1 heterocycles. The summed E-state index contributed by atoms with van der Waals surface area (Å²) in [6.07, 6.45) is 0.523. The van der Waals surface area contributed by atoms with Gasteiger partial charge in [-0.05, 0) is 20.5 Å². The first-order valence-electron chi connectivity index (χ1n) is 6.87. The quantitative estimate of drug-likeness (QED) is 0.723. The van der Waals surface area contributed by atoms with Crippen LogP contribution in [0.15, 0.2) is 0 Å². The summed E-state index contributed by atoms with van der Waals surface area (Å²) in [5, 5.41) is 8.85. The van der Waals surface area contributed by atoms with E-state index in [-0.39, 0.29) is 11.8 Å². The molecule has 1 saturated carbocycles. The van der Waals surface area contributed by atoms with Crippen LogP contribution < -0.4 is 0 Å². The number of nitrogens with zero attached hydrogens (tertiary/aromatic N) is 3. The topological polar surface area (TPSA) is 64.1 Å². The Bertz CT molecular complexity index is 351. The highest BCUT2D eigenvalue weighted by Crippen LogP contribution is 2.40. The third-order valence-corrected chi connectivity index (χ3v) is 3.97. The van der Waals surface area contributed by atoms with Gasteiger partial charge in [0.1, 0.15) is 0 Å². The minimum atomic E-state index is -0.831. The average molecular weight is 269 g/mol. The van der Waals surface area contributed by atoms with Crippen LogP contribution in [0.2, 0.25) is 0 Å². The maximum atomic E-state index is 12.1. The van der Waals surface area contributed by atoms with E-state index >= 15 is 0 Å². The number of amides is 1. The monoisotopic (exact) mass is 269 g/mol. The van der Waals surface area contributed by atoms with Gasteiger partial charge in [0.15, 0.2) is 0 Å². The summed E-state index contributed by atoms with van der Waals surface area (Å²) < 4.78 is 0. The number of likely N-dealkylation sites (N-methyl/N-ethyl adjacent to an activating group) is 1. The fourth-order valence-electron chi connectivity index (χ4n) is 2.51. The zero-order valence-corrected chi connectivity index (χ0v) is 11.7. The van der Waals surface area contributed by atoms with Crippen LogP contribution >= 0.6 is 0 Å². The lowest BCUT2D eigenvalue weighted by Crippen LogP contribution is -2.50. The molecule has 0 aromatic rings. The number of hydrogen-bond acceptors (Lipinski definition) is 4. The molecule has 2 fully saturated rings. The molecule has 6 heteroatoms. The van der Waals surface area contributed by atoms with Gasteiger partial charge in [0, 0.05) is 39.3 Å². The molecule has 1 amide bonds. The van der Waals surface area contributed by atoms with Gasteiger partial charge in [-0.3, -0.25) is 14.5 Å². The summed E-state index contributed by atoms with van der Waals surface area (Å²) in [7, 11) is 4.11. The molecule has 2 rings (SSSR count). The van der Waals surface area contributed by atoms with Crippen LogP contribution in [0.4, 0.5) is 0 Å². The van der Waals surface area contributed by atoms with E-state index in [0.717, 1.165) is 39.3 Å². The lowest BCUT2D eigenvalue weighted by atomic mass is 10.2. The van der Waals surface area contributed by atoms with E-state index in [9.17, 15) is 9.59 Å².